The maximum Gasteiger partial charge on any atom is 0.360 e. The summed E-state index contributed by atoms with van der Waals surface area (Å²) >= 11 is 1.30. The summed E-state index contributed by atoms with van der Waals surface area (Å²) in [6.45, 7) is 1.87. The zero-order valence-corrected chi connectivity index (χ0v) is 17.8. The largest absolute Gasteiger partial charge is 0.464 e. The predicted molar refractivity (Wildman–Crippen MR) is 111 cm³/mol. The minimum absolute atomic E-state index is 0.0307. The lowest BCUT2D eigenvalue weighted by Gasteiger charge is -2.31. The topological polar surface area (TPSA) is 115 Å². The number of nitrogens with one attached hydrogen (secondary N) is 2. The average molecular weight is 432 g/mol. The van der Waals surface area contributed by atoms with E-state index in [1.54, 1.807) is 10.9 Å². The molecule has 30 heavy (non-hydrogen) atoms. The summed E-state index contributed by atoms with van der Waals surface area (Å²) in [6, 6.07) is 1.64. The first kappa shape index (κ1) is 20.5. The van der Waals surface area contributed by atoms with Crippen LogP contribution in [0.25, 0.3) is 0 Å². The van der Waals surface area contributed by atoms with E-state index < -0.39 is 5.97 Å². The average Bonchev–Trinajstić information content (AvgIpc) is 3.37. The minimum atomic E-state index is -0.535. The number of hydrogen-bond donors (Lipinski definition) is 2. The lowest BCUT2D eigenvalue weighted by Crippen LogP contribution is -2.43. The van der Waals surface area contributed by atoms with Crippen LogP contribution in [0.4, 0.5) is 5.00 Å². The van der Waals surface area contributed by atoms with E-state index in [4.69, 9.17) is 4.74 Å². The first-order valence-electron chi connectivity index (χ1n) is 10.2. The molecule has 2 aromatic rings. The molecule has 2 amide bonds. The molecule has 0 bridgehead atoms. The number of ether oxygens (including phenoxy) is 1. The normalized spacial score (nSPS) is 21.1. The van der Waals surface area contributed by atoms with Gasteiger partial charge in [-0.1, -0.05) is 18.1 Å². The molecule has 160 valence electrons. The molecule has 0 aromatic carbocycles. The lowest BCUT2D eigenvalue weighted by atomic mass is 9.90. The highest BCUT2D eigenvalue weighted by Gasteiger charge is 2.32. The smallest absolute Gasteiger partial charge is 0.360 e. The fraction of sp³-hybridized carbons (Fsp3) is 0.550. The molecule has 2 aromatic heterocycles. The third kappa shape index (κ3) is 4.38. The van der Waals surface area contributed by atoms with Crippen LogP contribution in [-0.2, 0) is 9.53 Å². The van der Waals surface area contributed by atoms with E-state index in [0.717, 1.165) is 44.1 Å². The number of methoxy groups -OCH3 is 1. The Labute approximate surface area is 178 Å². The van der Waals surface area contributed by atoms with Gasteiger partial charge < -0.3 is 15.4 Å². The van der Waals surface area contributed by atoms with Crippen LogP contribution in [0, 0.1) is 12.8 Å². The van der Waals surface area contributed by atoms with Crippen molar-refractivity contribution in [3.63, 3.8) is 0 Å². The standard InChI is InChI=1S/C20H25N5O4S/c1-11-9-16(22-18(26)12-7-8-12)30-17(11)19(27)21-13-5-3-4-6-15(13)25-10-14(23-24-25)20(28)29-2/h9-10,12-13,15H,3-8H2,1-2H3,(H,21,27)(H,22,26)/t13-,15+/m0/s1. The zero-order valence-electron chi connectivity index (χ0n) is 17.0. The number of carbonyl (C=O) groups excluding carboxylic acids is 3. The molecule has 2 atom stereocenters. The summed E-state index contributed by atoms with van der Waals surface area (Å²) in [6.07, 6.45) is 7.12. The molecular weight excluding hydrogens is 406 g/mol. The molecule has 2 fully saturated rings. The van der Waals surface area contributed by atoms with Gasteiger partial charge >= 0.3 is 5.97 Å². The number of anilines is 1. The molecule has 2 aliphatic carbocycles. The summed E-state index contributed by atoms with van der Waals surface area (Å²) in [7, 11) is 1.30. The SMILES string of the molecule is COC(=O)c1cn([C@@H]2CCCC[C@@H]2NC(=O)c2sc(NC(=O)C3CC3)cc2C)nn1. The van der Waals surface area contributed by atoms with Crippen molar-refractivity contribution in [1.29, 1.82) is 0 Å². The molecular formula is C20H25N5O4S. The van der Waals surface area contributed by atoms with E-state index in [0.29, 0.717) is 9.88 Å². The number of hydrogen-bond acceptors (Lipinski definition) is 7. The van der Waals surface area contributed by atoms with Crippen molar-refractivity contribution < 1.29 is 19.1 Å². The number of aromatic nitrogens is 3. The highest BCUT2D eigenvalue weighted by Crippen LogP contribution is 2.33. The Kier molecular flexibility index (Phi) is 5.85. The van der Waals surface area contributed by atoms with Crippen molar-refractivity contribution in [3.8, 4) is 0 Å². The van der Waals surface area contributed by atoms with Gasteiger partial charge in [-0.2, -0.15) is 0 Å². The molecule has 2 saturated carbocycles. The Hall–Kier alpha value is -2.75. The minimum Gasteiger partial charge on any atom is -0.464 e. The number of aryl methyl sites for hydroxylation is 1. The van der Waals surface area contributed by atoms with Crippen LogP contribution in [0.3, 0.4) is 0 Å². The van der Waals surface area contributed by atoms with Gasteiger partial charge in [-0.15, -0.1) is 16.4 Å². The molecule has 0 radical (unpaired) electrons. The lowest BCUT2D eigenvalue weighted by molar-refractivity contribution is -0.117. The van der Waals surface area contributed by atoms with Gasteiger partial charge in [-0.05, 0) is 44.2 Å². The van der Waals surface area contributed by atoms with E-state index in [2.05, 4.69) is 20.9 Å². The van der Waals surface area contributed by atoms with Crippen molar-refractivity contribution in [1.82, 2.24) is 20.3 Å². The molecule has 0 aliphatic heterocycles. The molecule has 2 aliphatic rings. The van der Waals surface area contributed by atoms with Crippen LogP contribution >= 0.6 is 11.3 Å². The second-order valence-corrected chi connectivity index (χ2v) is 8.95. The Balaban J connectivity index is 1.45. The Bertz CT molecular complexity index is 964. The van der Waals surface area contributed by atoms with Crippen molar-refractivity contribution in [2.45, 2.75) is 57.5 Å². The van der Waals surface area contributed by atoms with Gasteiger partial charge in [0.2, 0.25) is 5.91 Å². The Morgan fingerprint density at radius 1 is 1.20 bits per heavy atom. The highest BCUT2D eigenvalue weighted by atomic mass is 32.1. The van der Waals surface area contributed by atoms with Crippen LogP contribution in [-0.4, -0.2) is 45.9 Å². The fourth-order valence-corrected chi connectivity index (χ4v) is 4.78. The number of carbonyl (C=O) groups is 3. The van der Waals surface area contributed by atoms with Gasteiger partial charge in [0, 0.05) is 5.92 Å². The van der Waals surface area contributed by atoms with E-state index in [1.165, 1.54) is 18.4 Å². The highest BCUT2D eigenvalue weighted by molar-refractivity contribution is 7.18. The molecule has 2 heterocycles. The zero-order chi connectivity index (χ0) is 21.3. The molecule has 0 unspecified atom stereocenters. The van der Waals surface area contributed by atoms with Gasteiger partial charge in [0.1, 0.15) is 0 Å². The Morgan fingerprint density at radius 3 is 2.70 bits per heavy atom. The van der Waals surface area contributed by atoms with Crippen molar-refractivity contribution in [2.75, 3.05) is 12.4 Å². The van der Waals surface area contributed by atoms with Gasteiger partial charge in [0.15, 0.2) is 5.69 Å². The van der Waals surface area contributed by atoms with Crippen LogP contribution < -0.4 is 10.6 Å². The predicted octanol–water partition coefficient (Wildman–Crippen LogP) is 2.70. The third-order valence-corrected chi connectivity index (χ3v) is 6.76. The van der Waals surface area contributed by atoms with E-state index >= 15 is 0 Å². The number of amides is 2. The first-order chi connectivity index (χ1) is 14.5. The quantitative estimate of drug-likeness (QED) is 0.680. The Morgan fingerprint density at radius 2 is 1.97 bits per heavy atom. The molecule has 2 N–H and O–H groups in total. The second-order valence-electron chi connectivity index (χ2n) is 7.89. The molecule has 10 heteroatoms. The molecule has 0 saturated heterocycles. The summed E-state index contributed by atoms with van der Waals surface area (Å²) in [5.41, 5.74) is 0.989. The second kappa shape index (κ2) is 8.55. The number of thiophene rings is 1. The van der Waals surface area contributed by atoms with Crippen molar-refractivity contribution in [3.05, 3.63) is 28.4 Å². The fourth-order valence-electron chi connectivity index (χ4n) is 3.81. The maximum absolute atomic E-state index is 13.0. The van der Waals surface area contributed by atoms with E-state index in [9.17, 15) is 14.4 Å². The van der Waals surface area contributed by atoms with Crippen LogP contribution in [0.5, 0.6) is 0 Å². The van der Waals surface area contributed by atoms with Gasteiger partial charge in [-0.25, -0.2) is 9.48 Å². The van der Waals surface area contributed by atoms with E-state index in [1.807, 2.05) is 13.0 Å². The number of esters is 1. The number of rotatable bonds is 6. The summed E-state index contributed by atoms with van der Waals surface area (Å²) in [5.74, 6) is -0.546. The van der Waals surface area contributed by atoms with Gasteiger partial charge in [-0.3, -0.25) is 9.59 Å². The number of nitrogens with zero attached hydrogens (tertiary/aromatic N) is 3. The summed E-state index contributed by atoms with van der Waals surface area (Å²) in [4.78, 5) is 37.3. The van der Waals surface area contributed by atoms with Crippen LogP contribution in [0.1, 0.15) is 70.3 Å². The summed E-state index contributed by atoms with van der Waals surface area (Å²) < 4.78 is 6.35. The van der Waals surface area contributed by atoms with E-state index in [-0.39, 0.29) is 35.5 Å². The monoisotopic (exact) mass is 431 g/mol. The van der Waals surface area contributed by atoms with Crippen LogP contribution in [0.2, 0.25) is 0 Å². The van der Waals surface area contributed by atoms with Crippen LogP contribution in [0.15, 0.2) is 12.3 Å². The first-order valence-corrected chi connectivity index (χ1v) is 11.0. The molecule has 9 nitrogen and oxygen atoms in total. The molecule has 4 rings (SSSR count). The van der Waals surface area contributed by atoms with Crippen molar-refractivity contribution >= 4 is 34.1 Å². The van der Waals surface area contributed by atoms with Gasteiger partial charge in [0.25, 0.3) is 5.91 Å². The summed E-state index contributed by atoms with van der Waals surface area (Å²) in [5, 5.41) is 14.7. The van der Waals surface area contributed by atoms with Crippen molar-refractivity contribution in [2.24, 2.45) is 5.92 Å². The molecule has 0 spiro atoms. The van der Waals surface area contributed by atoms with Gasteiger partial charge in [0.05, 0.1) is 35.3 Å². The third-order valence-electron chi connectivity index (χ3n) is 5.61. The maximum atomic E-state index is 13.0.